The Hall–Kier alpha value is -7.18. The van der Waals surface area contributed by atoms with Crippen LogP contribution in [0.3, 0.4) is 0 Å². The summed E-state index contributed by atoms with van der Waals surface area (Å²) >= 11 is 0. The molecule has 0 aliphatic heterocycles. The van der Waals surface area contributed by atoms with Gasteiger partial charge in [0.15, 0.2) is 0 Å². The molecule has 12 heteroatoms. The highest BCUT2D eigenvalue weighted by Crippen LogP contribution is 2.19. The lowest BCUT2D eigenvalue weighted by Crippen LogP contribution is -2.47. The number of rotatable bonds is 26. The van der Waals surface area contributed by atoms with E-state index < -0.39 is 47.9 Å². The minimum Gasteiger partial charge on any atom is -0.489 e. The number of aliphatic hydroxyl groups is 1. The second-order valence-corrected chi connectivity index (χ2v) is 15.2. The molecule has 0 aliphatic carbocycles. The Bertz CT molecular complexity index is 2200. The molecule has 4 atom stereocenters. The van der Waals surface area contributed by atoms with Crippen LogP contribution in [0, 0.1) is 5.92 Å². The van der Waals surface area contributed by atoms with E-state index in [1.165, 1.54) is 6.08 Å². The summed E-state index contributed by atoms with van der Waals surface area (Å²) in [5.41, 5.74) is 4.55. The van der Waals surface area contributed by atoms with E-state index in [-0.39, 0.29) is 45.5 Å². The quantitative estimate of drug-likeness (QED) is 0.0324. The monoisotopic (exact) mass is 867 g/mol. The molecule has 5 aromatic carbocycles. The molecule has 0 aromatic heterocycles. The first-order chi connectivity index (χ1) is 31.2. The molecule has 0 saturated carbocycles. The lowest BCUT2D eigenvalue weighted by molar-refractivity contribution is -0.147. The van der Waals surface area contributed by atoms with Crippen molar-refractivity contribution in [3.8, 4) is 11.5 Å². The number of hydrogen-bond acceptors (Lipinski definition) is 9. The topological polar surface area (TPSA) is 162 Å². The highest BCUT2D eigenvalue weighted by Gasteiger charge is 2.27. The summed E-state index contributed by atoms with van der Waals surface area (Å²) in [6.45, 7) is 7.78. The van der Waals surface area contributed by atoms with Gasteiger partial charge in [-0.25, -0.2) is 9.59 Å². The molecule has 12 nitrogen and oxygen atoms in total. The van der Waals surface area contributed by atoms with Crippen LogP contribution in [0.5, 0.6) is 11.5 Å². The average molecular weight is 868 g/mol. The van der Waals surface area contributed by atoms with Crippen molar-refractivity contribution in [3.63, 3.8) is 0 Å². The number of benzene rings is 5. The van der Waals surface area contributed by atoms with Crippen molar-refractivity contribution in [3.05, 3.63) is 193 Å². The van der Waals surface area contributed by atoms with Gasteiger partial charge in [0.2, 0.25) is 11.8 Å². The molecule has 0 heterocycles. The Morgan fingerprint density at radius 3 is 1.52 bits per heavy atom. The van der Waals surface area contributed by atoms with E-state index in [1.54, 1.807) is 6.08 Å². The van der Waals surface area contributed by atoms with Crippen molar-refractivity contribution in [1.29, 1.82) is 0 Å². The van der Waals surface area contributed by atoms with Crippen LogP contribution in [0.15, 0.2) is 165 Å². The fourth-order valence-corrected chi connectivity index (χ4v) is 6.69. The highest BCUT2D eigenvalue weighted by atomic mass is 16.6. The molecule has 0 spiro atoms. The van der Waals surface area contributed by atoms with Crippen LogP contribution in [-0.2, 0) is 56.5 Å². The third kappa shape index (κ3) is 16.9. The summed E-state index contributed by atoms with van der Waals surface area (Å²) in [7, 11) is 0. The zero-order valence-corrected chi connectivity index (χ0v) is 35.9. The third-order valence-electron chi connectivity index (χ3n) is 10.1. The summed E-state index contributed by atoms with van der Waals surface area (Å²) in [5, 5.41) is 18.6. The molecule has 5 aromatic rings. The predicted molar refractivity (Wildman–Crippen MR) is 245 cm³/mol. The molecule has 0 bridgehead atoms. The van der Waals surface area contributed by atoms with E-state index in [2.05, 4.69) is 29.1 Å². The van der Waals surface area contributed by atoms with Gasteiger partial charge in [0, 0.05) is 6.42 Å². The van der Waals surface area contributed by atoms with Crippen molar-refractivity contribution in [2.75, 3.05) is 13.2 Å². The minimum absolute atomic E-state index is 0.0107. The van der Waals surface area contributed by atoms with E-state index in [0.29, 0.717) is 31.1 Å². The number of carbonyl (C=O) groups is 4. The van der Waals surface area contributed by atoms with Gasteiger partial charge < -0.3 is 40.0 Å². The van der Waals surface area contributed by atoms with Gasteiger partial charge in [-0.2, -0.15) is 0 Å². The SMILES string of the molecule is C=CC[C@H](CC(=O)N[C@H](CO)Cc1ccc(OCc2ccccc2)cc1)C(=O)N[C@H](COC(=O)[C@@H](CC=C)NC(=O)OCc1ccccc1)Cc1ccc(OCc2ccccc2)cc1. The Morgan fingerprint density at radius 2 is 1.03 bits per heavy atom. The molecule has 0 fully saturated rings. The van der Waals surface area contributed by atoms with Gasteiger partial charge in [0.1, 0.15) is 44.0 Å². The number of esters is 1. The molecule has 0 radical (unpaired) electrons. The summed E-state index contributed by atoms with van der Waals surface area (Å²) in [6.07, 6.45) is 2.93. The maximum Gasteiger partial charge on any atom is 0.408 e. The average Bonchev–Trinajstić information content (AvgIpc) is 3.32. The number of amides is 3. The number of carbonyl (C=O) groups excluding carboxylic acids is 4. The molecule has 4 N–H and O–H groups in total. The van der Waals surface area contributed by atoms with Gasteiger partial charge in [-0.1, -0.05) is 127 Å². The maximum absolute atomic E-state index is 13.9. The second kappa shape index (κ2) is 26.3. The molecule has 0 aliphatic rings. The van der Waals surface area contributed by atoms with Crippen LogP contribution in [0.25, 0.3) is 0 Å². The molecule has 64 heavy (non-hydrogen) atoms. The zero-order valence-electron chi connectivity index (χ0n) is 35.9. The van der Waals surface area contributed by atoms with Crippen molar-refractivity contribution >= 4 is 23.9 Å². The lowest BCUT2D eigenvalue weighted by atomic mass is 9.97. The Kier molecular flexibility index (Phi) is 19.7. The fraction of sp³-hybridized carbons (Fsp3) is 0.269. The lowest BCUT2D eigenvalue weighted by Gasteiger charge is -2.24. The Balaban J connectivity index is 1.20. The predicted octanol–water partition coefficient (Wildman–Crippen LogP) is 7.59. The van der Waals surface area contributed by atoms with Crippen molar-refractivity contribution < 1.29 is 43.2 Å². The van der Waals surface area contributed by atoms with Crippen LogP contribution >= 0.6 is 0 Å². The number of ether oxygens (including phenoxy) is 4. The Morgan fingerprint density at radius 1 is 0.547 bits per heavy atom. The summed E-state index contributed by atoms with van der Waals surface area (Å²) in [4.78, 5) is 53.4. The fourth-order valence-electron chi connectivity index (χ4n) is 6.69. The van der Waals surface area contributed by atoms with Crippen molar-refractivity contribution in [1.82, 2.24) is 16.0 Å². The van der Waals surface area contributed by atoms with Crippen LogP contribution in [-0.4, -0.2) is 60.3 Å². The number of hydrogen-bond donors (Lipinski definition) is 4. The highest BCUT2D eigenvalue weighted by molar-refractivity contribution is 5.86. The van der Waals surface area contributed by atoms with Gasteiger partial charge >= 0.3 is 12.1 Å². The first kappa shape index (κ1) is 47.9. The molecule has 3 amide bonds. The summed E-state index contributed by atoms with van der Waals surface area (Å²) in [6, 6.07) is 41.1. The molecular weight excluding hydrogens is 811 g/mol. The number of nitrogens with one attached hydrogen (secondary N) is 3. The van der Waals surface area contributed by atoms with Gasteiger partial charge in [0.25, 0.3) is 0 Å². The smallest absolute Gasteiger partial charge is 0.408 e. The molecule has 0 saturated heterocycles. The van der Waals surface area contributed by atoms with Gasteiger partial charge in [-0.05, 0) is 77.8 Å². The van der Waals surface area contributed by atoms with Crippen LogP contribution < -0.4 is 25.4 Å². The standard InChI is InChI=1S/C52H57N3O9/c1-3-14-43(32-49(57)53-44(33-56)30-38-22-26-46(27-23-38)61-34-40-16-8-5-9-17-40)50(58)54-45(31-39-24-28-47(29-25-39)62-35-41-18-10-6-11-19-41)37-63-51(59)48(15-4-2)55-52(60)64-36-42-20-12-7-13-21-42/h3-13,16-29,43-45,48,56H,1-2,14-15,30-37H2,(H,53,57)(H,54,58)(H,55,60)/t43-,44+,45+,48-/m1/s1. The van der Waals surface area contributed by atoms with E-state index >= 15 is 0 Å². The molecule has 0 unspecified atom stereocenters. The van der Waals surface area contributed by atoms with Crippen molar-refractivity contribution in [2.45, 2.75) is 70.1 Å². The second-order valence-electron chi connectivity index (χ2n) is 15.2. The number of aliphatic hydroxyl groups excluding tert-OH is 1. The normalized spacial score (nSPS) is 12.6. The third-order valence-corrected chi connectivity index (χ3v) is 10.1. The van der Waals surface area contributed by atoms with Gasteiger partial charge in [0.05, 0.1) is 24.6 Å². The first-order valence-corrected chi connectivity index (χ1v) is 21.3. The summed E-state index contributed by atoms with van der Waals surface area (Å²) < 4.78 is 22.9. The van der Waals surface area contributed by atoms with Crippen LogP contribution in [0.4, 0.5) is 4.79 Å². The van der Waals surface area contributed by atoms with E-state index in [4.69, 9.17) is 18.9 Å². The number of allylic oxidation sites excluding steroid dienone is 1. The zero-order chi connectivity index (χ0) is 45.4. The van der Waals surface area contributed by atoms with Crippen LogP contribution in [0.1, 0.15) is 47.1 Å². The van der Waals surface area contributed by atoms with Gasteiger partial charge in [-0.3, -0.25) is 9.59 Å². The van der Waals surface area contributed by atoms with Crippen molar-refractivity contribution in [2.24, 2.45) is 5.92 Å². The number of alkyl carbamates (subject to hydrolysis) is 1. The maximum atomic E-state index is 13.9. The summed E-state index contributed by atoms with van der Waals surface area (Å²) in [5.74, 6) is -1.08. The minimum atomic E-state index is -1.10. The molecule has 334 valence electrons. The molecule has 5 rings (SSSR count). The van der Waals surface area contributed by atoms with E-state index in [1.807, 2.05) is 140 Å². The van der Waals surface area contributed by atoms with E-state index in [9.17, 15) is 24.3 Å². The Labute approximate surface area is 375 Å². The first-order valence-electron chi connectivity index (χ1n) is 21.3. The van der Waals surface area contributed by atoms with E-state index in [0.717, 1.165) is 27.8 Å². The van der Waals surface area contributed by atoms with Crippen LogP contribution in [0.2, 0.25) is 0 Å². The van der Waals surface area contributed by atoms with Gasteiger partial charge in [-0.15, -0.1) is 13.2 Å². The molecular formula is C52H57N3O9. The largest absolute Gasteiger partial charge is 0.489 e.